The third-order valence-corrected chi connectivity index (χ3v) is 5.47. The first-order valence-corrected chi connectivity index (χ1v) is 11.4. The Balaban J connectivity index is 1.71. The van der Waals surface area contributed by atoms with Crippen LogP contribution in [0.5, 0.6) is 0 Å². The SMILES string of the molecule is O=C(NC(OO)(OOC(NC(=O)c1ccccc1)(OO)c1ccccc1)c1ccccc1)c1ccccc1. The number of nitrogens with one attached hydrogen (secondary N) is 2. The fourth-order valence-electron chi connectivity index (χ4n) is 3.52. The molecule has 4 N–H and O–H groups in total. The average Bonchev–Trinajstić information content (AvgIpc) is 3.00. The molecule has 2 unspecified atom stereocenters. The summed E-state index contributed by atoms with van der Waals surface area (Å²) < 4.78 is 0. The molecule has 0 saturated heterocycles. The van der Waals surface area contributed by atoms with E-state index in [-0.39, 0.29) is 22.3 Å². The summed E-state index contributed by atoms with van der Waals surface area (Å²) in [6, 6.07) is 31.9. The second kappa shape index (κ2) is 12.2. The Hall–Kier alpha value is -4.42. The van der Waals surface area contributed by atoms with Gasteiger partial charge in [-0.2, -0.15) is 19.6 Å². The Morgan fingerprint density at radius 3 is 1.08 bits per heavy atom. The van der Waals surface area contributed by atoms with Gasteiger partial charge in [-0.25, -0.2) is 10.5 Å². The summed E-state index contributed by atoms with van der Waals surface area (Å²) >= 11 is 0. The third-order valence-electron chi connectivity index (χ3n) is 5.47. The first-order valence-electron chi connectivity index (χ1n) is 11.4. The van der Waals surface area contributed by atoms with Crippen molar-refractivity contribution >= 4 is 11.8 Å². The van der Waals surface area contributed by atoms with Crippen molar-refractivity contribution in [1.82, 2.24) is 10.6 Å². The number of hydrogen-bond donors (Lipinski definition) is 4. The maximum absolute atomic E-state index is 13.0. The van der Waals surface area contributed by atoms with E-state index in [1.165, 1.54) is 48.5 Å². The van der Waals surface area contributed by atoms with E-state index in [1.54, 1.807) is 72.8 Å². The summed E-state index contributed by atoms with van der Waals surface area (Å²) in [5.74, 6) is -6.33. The van der Waals surface area contributed by atoms with Crippen molar-refractivity contribution < 1.29 is 39.7 Å². The number of amides is 2. The van der Waals surface area contributed by atoms with Crippen LogP contribution in [0.15, 0.2) is 121 Å². The molecule has 0 aliphatic rings. The van der Waals surface area contributed by atoms with Crippen molar-refractivity contribution in [3.63, 3.8) is 0 Å². The molecule has 0 aliphatic carbocycles. The van der Waals surface area contributed by atoms with E-state index in [1.807, 2.05) is 0 Å². The maximum atomic E-state index is 13.0. The maximum Gasteiger partial charge on any atom is 0.337 e. The summed E-state index contributed by atoms with van der Waals surface area (Å²) in [6.45, 7) is 0. The van der Waals surface area contributed by atoms with Crippen LogP contribution in [-0.4, -0.2) is 22.3 Å². The van der Waals surface area contributed by atoms with Crippen molar-refractivity contribution in [3.8, 4) is 0 Å². The smallest absolute Gasteiger partial charge is 0.293 e. The standard InChI is InChI=1S/C28H24N2O8/c31-25(21-13-5-1-6-14-21)29-27(35-33,23-17-9-3-10-18-23)37-38-28(36-34,24-19-11-4-12-20-24)30-26(32)22-15-7-2-8-16-22/h1-20,33-34H,(H,29,31)(H,30,32). The molecule has 0 heterocycles. The molecule has 10 heteroatoms. The van der Waals surface area contributed by atoms with Gasteiger partial charge in [0.15, 0.2) is 0 Å². The van der Waals surface area contributed by atoms with Gasteiger partial charge >= 0.3 is 11.8 Å². The molecular formula is C28H24N2O8. The topological polar surface area (TPSA) is 136 Å². The number of carbonyl (C=O) groups is 2. The molecule has 4 aromatic carbocycles. The number of carbonyl (C=O) groups excluding carboxylic acids is 2. The first kappa shape index (κ1) is 26.6. The van der Waals surface area contributed by atoms with E-state index in [0.29, 0.717) is 0 Å². The van der Waals surface area contributed by atoms with Crippen molar-refractivity contribution in [2.75, 3.05) is 0 Å². The molecular weight excluding hydrogens is 492 g/mol. The largest absolute Gasteiger partial charge is 0.337 e. The predicted molar refractivity (Wildman–Crippen MR) is 134 cm³/mol. The van der Waals surface area contributed by atoms with Crippen LogP contribution in [-0.2, 0) is 31.4 Å². The molecule has 0 radical (unpaired) electrons. The second-order valence-corrected chi connectivity index (χ2v) is 7.95. The average molecular weight is 517 g/mol. The highest BCUT2D eigenvalue weighted by molar-refractivity contribution is 5.95. The van der Waals surface area contributed by atoms with Gasteiger partial charge in [-0.3, -0.25) is 20.2 Å². The Labute approximate surface area is 217 Å². The van der Waals surface area contributed by atoms with E-state index < -0.39 is 23.6 Å². The molecule has 2 amide bonds. The minimum atomic E-state index is -2.47. The summed E-state index contributed by atoms with van der Waals surface area (Å²) in [5, 5.41) is 24.9. The zero-order valence-electron chi connectivity index (χ0n) is 19.9. The second-order valence-electron chi connectivity index (χ2n) is 7.95. The van der Waals surface area contributed by atoms with Crippen LogP contribution in [0.25, 0.3) is 0 Å². The quantitative estimate of drug-likeness (QED) is 0.131. The zero-order chi connectivity index (χ0) is 26.8. The zero-order valence-corrected chi connectivity index (χ0v) is 19.9. The molecule has 4 rings (SSSR count). The highest BCUT2D eigenvalue weighted by Gasteiger charge is 2.46. The third kappa shape index (κ3) is 5.93. The predicted octanol–water partition coefficient (Wildman–Crippen LogP) is 4.39. The normalized spacial score (nSPS) is 14.1. The number of hydrogen-bond acceptors (Lipinski definition) is 8. The molecule has 0 spiro atoms. The van der Waals surface area contributed by atoms with E-state index in [4.69, 9.17) is 9.78 Å². The van der Waals surface area contributed by atoms with Crippen LogP contribution in [0.3, 0.4) is 0 Å². The van der Waals surface area contributed by atoms with Crippen LogP contribution in [0.4, 0.5) is 0 Å². The van der Waals surface area contributed by atoms with Crippen LogP contribution >= 0.6 is 0 Å². The fraction of sp³-hybridized carbons (Fsp3) is 0.0714. The van der Waals surface area contributed by atoms with E-state index in [0.717, 1.165) is 0 Å². The molecule has 0 saturated carbocycles. The molecule has 38 heavy (non-hydrogen) atoms. The lowest BCUT2D eigenvalue weighted by atomic mass is 10.1. The van der Waals surface area contributed by atoms with Crippen LogP contribution < -0.4 is 10.6 Å². The summed E-state index contributed by atoms with van der Waals surface area (Å²) in [4.78, 5) is 46.4. The minimum Gasteiger partial charge on any atom is -0.293 e. The van der Waals surface area contributed by atoms with Gasteiger partial charge in [-0.05, 0) is 24.3 Å². The van der Waals surface area contributed by atoms with Gasteiger partial charge in [0.2, 0.25) is 0 Å². The van der Waals surface area contributed by atoms with E-state index in [9.17, 15) is 20.1 Å². The lowest BCUT2D eigenvalue weighted by molar-refractivity contribution is -0.591. The van der Waals surface area contributed by atoms with Crippen molar-refractivity contribution in [3.05, 3.63) is 144 Å². The Morgan fingerprint density at radius 1 is 0.500 bits per heavy atom. The first-order chi connectivity index (χ1) is 18.5. The molecule has 0 aliphatic heterocycles. The summed E-state index contributed by atoms with van der Waals surface area (Å²) in [6.07, 6.45) is 0. The molecule has 10 nitrogen and oxygen atoms in total. The monoisotopic (exact) mass is 516 g/mol. The van der Waals surface area contributed by atoms with Crippen molar-refractivity contribution in [2.45, 2.75) is 11.8 Å². The highest BCUT2D eigenvalue weighted by atomic mass is 17.3. The fourth-order valence-corrected chi connectivity index (χ4v) is 3.52. The molecule has 0 fully saturated rings. The Bertz CT molecular complexity index is 1220. The molecule has 4 aromatic rings. The van der Waals surface area contributed by atoms with Crippen LogP contribution in [0.2, 0.25) is 0 Å². The van der Waals surface area contributed by atoms with E-state index >= 15 is 0 Å². The Kier molecular flexibility index (Phi) is 8.56. The lowest BCUT2D eigenvalue weighted by Crippen LogP contribution is -2.55. The summed E-state index contributed by atoms with van der Waals surface area (Å²) in [7, 11) is 0. The highest BCUT2D eigenvalue weighted by Crippen LogP contribution is 2.31. The number of benzene rings is 4. The molecule has 0 aromatic heterocycles. The minimum absolute atomic E-state index is 0.0982. The van der Waals surface area contributed by atoms with Gasteiger partial charge in [0.05, 0.1) is 0 Å². The van der Waals surface area contributed by atoms with Crippen LogP contribution in [0.1, 0.15) is 31.8 Å². The lowest BCUT2D eigenvalue weighted by Gasteiger charge is -2.35. The van der Waals surface area contributed by atoms with Gasteiger partial charge in [-0.1, -0.05) is 97.1 Å². The van der Waals surface area contributed by atoms with Gasteiger partial charge in [0.25, 0.3) is 11.8 Å². The van der Waals surface area contributed by atoms with Crippen molar-refractivity contribution in [1.29, 1.82) is 0 Å². The van der Waals surface area contributed by atoms with Gasteiger partial charge in [0, 0.05) is 22.3 Å². The van der Waals surface area contributed by atoms with Gasteiger partial charge in [0.1, 0.15) is 0 Å². The molecule has 194 valence electrons. The van der Waals surface area contributed by atoms with Gasteiger partial charge < -0.3 is 0 Å². The van der Waals surface area contributed by atoms with Crippen molar-refractivity contribution in [2.24, 2.45) is 0 Å². The molecule has 2 atom stereocenters. The Morgan fingerprint density at radius 2 is 0.789 bits per heavy atom. The number of rotatable bonds is 11. The van der Waals surface area contributed by atoms with Gasteiger partial charge in [-0.15, -0.1) is 0 Å². The van der Waals surface area contributed by atoms with E-state index in [2.05, 4.69) is 20.4 Å². The van der Waals surface area contributed by atoms with Crippen LogP contribution in [0, 0.1) is 0 Å². The summed E-state index contributed by atoms with van der Waals surface area (Å²) in [5.41, 5.74) is 0.638. The molecule has 0 bridgehead atoms.